The number of likely N-dealkylation sites (N-methyl/N-ethyl adjacent to an activating group) is 3. The molecule has 0 heterocycles. The summed E-state index contributed by atoms with van der Waals surface area (Å²) in [6.45, 7) is 2.38. The average molecular weight is 199 g/mol. The van der Waals surface area contributed by atoms with E-state index in [-0.39, 0.29) is 5.91 Å². The van der Waals surface area contributed by atoms with Crippen LogP contribution in [0.25, 0.3) is 0 Å². The van der Waals surface area contributed by atoms with Crippen LogP contribution in [0, 0.1) is 0 Å². The van der Waals surface area contributed by atoms with E-state index in [0.717, 1.165) is 13.1 Å². The van der Waals surface area contributed by atoms with Crippen LogP contribution in [0.1, 0.15) is 12.8 Å². The molecule has 0 bridgehead atoms. The van der Waals surface area contributed by atoms with Crippen LogP contribution in [0.15, 0.2) is 0 Å². The highest BCUT2D eigenvalue weighted by Crippen LogP contribution is 2.25. The highest BCUT2D eigenvalue weighted by atomic mass is 16.2. The number of rotatable bonds is 6. The molecule has 0 spiro atoms. The largest absolute Gasteiger partial charge is 0.342 e. The van der Waals surface area contributed by atoms with E-state index in [4.69, 9.17) is 0 Å². The number of amides is 1. The van der Waals surface area contributed by atoms with Crippen molar-refractivity contribution >= 4 is 5.91 Å². The van der Waals surface area contributed by atoms with Gasteiger partial charge in [-0.2, -0.15) is 0 Å². The third-order valence-corrected chi connectivity index (χ3v) is 2.64. The molecular formula is C10H21N3O. The quantitative estimate of drug-likeness (QED) is 0.641. The molecule has 0 saturated heterocycles. The normalized spacial score (nSPS) is 16.0. The molecule has 4 nitrogen and oxygen atoms in total. The van der Waals surface area contributed by atoms with Gasteiger partial charge in [-0.15, -0.1) is 0 Å². The summed E-state index contributed by atoms with van der Waals surface area (Å²) in [5, 5.41) is 3.07. The SMILES string of the molecule is CNCCN(C)CC(=O)N(C)C1CC1. The van der Waals surface area contributed by atoms with E-state index >= 15 is 0 Å². The molecule has 1 N–H and O–H groups in total. The molecule has 14 heavy (non-hydrogen) atoms. The molecule has 1 fully saturated rings. The summed E-state index contributed by atoms with van der Waals surface area (Å²) in [4.78, 5) is 15.6. The van der Waals surface area contributed by atoms with Gasteiger partial charge >= 0.3 is 0 Å². The Morgan fingerprint density at radius 1 is 1.43 bits per heavy atom. The molecule has 0 unspecified atom stereocenters. The minimum atomic E-state index is 0.242. The minimum absolute atomic E-state index is 0.242. The van der Waals surface area contributed by atoms with Crippen molar-refractivity contribution in [1.29, 1.82) is 0 Å². The van der Waals surface area contributed by atoms with Crippen LogP contribution >= 0.6 is 0 Å². The zero-order valence-electron chi connectivity index (χ0n) is 9.42. The second-order valence-electron chi connectivity index (χ2n) is 4.08. The maximum atomic E-state index is 11.7. The zero-order chi connectivity index (χ0) is 10.6. The van der Waals surface area contributed by atoms with Crippen LogP contribution in [-0.4, -0.2) is 62.5 Å². The summed E-state index contributed by atoms with van der Waals surface area (Å²) in [7, 11) is 5.81. The molecule has 0 atom stereocenters. The van der Waals surface area contributed by atoms with Gasteiger partial charge in [0.15, 0.2) is 0 Å². The lowest BCUT2D eigenvalue weighted by molar-refractivity contribution is -0.131. The Labute approximate surface area is 86.2 Å². The minimum Gasteiger partial charge on any atom is -0.342 e. The molecule has 4 heteroatoms. The van der Waals surface area contributed by atoms with Crippen molar-refractivity contribution in [1.82, 2.24) is 15.1 Å². The van der Waals surface area contributed by atoms with Gasteiger partial charge in [-0.1, -0.05) is 0 Å². The van der Waals surface area contributed by atoms with Gasteiger partial charge in [0.2, 0.25) is 5.91 Å². The van der Waals surface area contributed by atoms with Gasteiger partial charge in [0.1, 0.15) is 0 Å². The van der Waals surface area contributed by atoms with Crippen molar-refractivity contribution in [2.45, 2.75) is 18.9 Å². The number of hydrogen-bond acceptors (Lipinski definition) is 3. The van der Waals surface area contributed by atoms with Gasteiger partial charge in [-0.3, -0.25) is 9.69 Å². The Morgan fingerprint density at radius 2 is 2.07 bits per heavy atom. The molecule has 1 aliphatic carbocycles. The molecular weight excluding hydrogens is 178 g/mol. The maximum absolute atomic E-state index is 11.7. The third kappa shape index (κ3) is 3.64. The van der Waals surface area contributed by atoms with Crippen molar-refractivity contribution in [3.8, 4) is 0 Å². The molecule has 82 valence electrons. The number of nitrogens with one attached hydrogen (secondary N) is 1. The fraction of sp³-hybridized carbons (Fsp3) is 0.900. The van der Waals surface area contributed by atoms with Gasteiger partial charge in [-0.05, 0) is 26.9 Å². The summed E-state index contributed by atoms with van der Waals surface area (Å²) in [6.07, 6.45) is 2.37. The van der Waals surface area contributed by atoms with Gasteiger partial charge < -0.3 is 10.2 Å². The fourth-order valence-electron chi connectivity index (χ4n) is 1.39. The van der Waals surface area contributed by atoms with E-state index in [9.17, 15) is 4.79 Å². The molecule has 1 saturated carbocycles. The zero-order valence-corrected chi connectivity index (χ0v) is 9.42. The van der Waals surface area contributed by atoms with Crippen molar-refractivity contribution < 1.29 is 4.79 Å². The lowest BCUT2D eigenvalue weighted by Gasteiger charge is -2.21. The Morgan fingerprint density at radius 3 is 2.57 bits per heavy atom. The number of carbonyl (C=O) groups is 1. The first-order chi connectivity index (χ1) is 6.65. The maximum Gasteiger partial charge on any atom is 0.236 e. The smallest absolute Gasteiger partial charge is 0.236 e. The summed E-state index contributed by atoms with van der Waals surface area (Å²) in [5.74, 6) is 0.242. The highest BCUT2D eigenvalue weighted by Gasteiger charge is 2.29. The topological polar surface area (TPSA) is 35.6 Å². The number of nitrogens with zero attached hydrogens (tertiary/aromatic N) is 2. The fourth-order valence-corrected chi connectivity index (χ4v) is 1.39. The summed E-state index contributed by atoms with van der Waals surface area (Å²) >= 11 is 0. The van der Waals surface area contributed by atoms with Gasteiger partial charge in [0, 0.05) is 26.2 Å². The van der Waals surface area contributed by atoms with E-state index in [1.165, 1.54) is 12.8 Å². The van der Waals surface area contributed by atoms with Crippen LogP contribution in [0.5, 0.6) is 0 Å². The van der Waals surface area contributed by atoms with E-state index in [0.29, 0.717) is 12.6 Å². The Kier molecular flexibility index (Phi) is 4.35. The van der Waals surface area contributed by atoms with Crippen LogP contribution in [0.4, 0.5) is 0 Å². The van der Waals surface area contributed by atoms with Gasteiger partial charge in [-0.25, -0.2) is 0 Å². The van der Waals surface area contributed by atoms with E-state index in [1.807, 2.05) is 26.0 Å². The van der Waals surface area contributed by atoms with E-state index in [2.05, 4.69) is 10.2 Å². The van der Waals surface area contributed by atoms with Crippen molar-refractivity contribution in [2.24, 2.45) is 0 Å². The highest BCUT2D eigenvalue weighted by molar-refractivity contribution is 5.78. The Bertz CT molecular complexity index is 192. The average Bonchev–Trinajstić information content (AvgIpc) is 2.96. The predicted molar refractivity (Wildman–Crippen MR) is 57.2 cm³/mol. The van der Waals surface area contributed by atoms with Gasteiger partial charge in [0.05, 0.1) is 6.54 Å². The number of hydrogen-bond donors (Lipinski definition) is 1. The second kappa shape index (κ2) is 5.32. The second-order valence-corrected chi connectivity index (χ2v) is 4.08. The van der Waals surface area contributed by atoms with Crippen molar-refractivity contribution in [3.63, 3.8) is 0 Å². The number of carbonyl (C=O) groups excluding carboxylic acids is 1. The molecule has 0 radical (unpaired) electrons. The predicted octanol–water partition coefficient (Wildman–Crippen LogP) is -0.242. The van der Waals surface area contributed by atoms with Gasteiger partial charge in [0.25, 0.3) is 0 Å². The van der Waals surface area contributed by atoms with Crippen LogP contribution in [-0.2, 0) is 4.79 Å². The Balaban J connectivity index is 2.17. The lowest BCUT2D eigenvalue weighted by Crippen LogP contribution is -2.39. The first kappa shape index (κ1) is 11.5. The molecule has 1 rings (SSSR count). The summed E-state index contributed by atoms with van der Waals surface area (Å²) in [5.41, 5.74) is 0. The molecule has 0 aromatic rings. The Hall–Kier alpha value is -0.610. The lowest BCUT2D eigenvalue weighted by atomic mass is 10.4. The first-order valence-corrected chi connectivity index (χ1v) is 5.24. The third-order valence-electron chi connectivity index (χ3n) is 2.64. The molecule has 1 amide bonds. The molecule has 0 aromatic heterocycles. The van der Waals surface area contributed by atoms with Crippen LogP contribution in [0.2, 0.25) is 0 Å². The monoisotopic (exact) mass is 199 g/mol. The van der Waals surface area contributed by atoms with E-state index < -0.39 is 0 Å². The molecule has 0 aliphatic heterocycles. The summed E-state index contributed by atoms with van der Waals surface area (Å²) < 4.78 is 0. The van der Waals surface area contributed by atoms with Crippen molar-refractivity contribution in [3.05, 3.63) is 0 Å². The van der Waals surface area contributed by atoms with Crippen LogP contribution < -0.4 is 5.32 Å². The van der Waals surface area contributed by atoms with E-state index in [1.54, 1.807) is 0 Å². The molecule has 1 aliphatic rings. The van der Waals surface area contributed by atoms with Crippen LogP contribution in [0.3, 0.4) is 0 Å². The summed E-state index contributed by atoms with van der Waals surface area (Å²) in [6, 6.07) is 0.528. The van der Waals surface area contributed by atoms with Crippen molar-refractivity contribution in [2.75, 3.05) is 40.8 Å². The first-order valence-electron chi connectivity index (χ1n) is 5.24. The molecule has 0 aromatic carbocycles. The standard InChI is InChI=1S/C10H21N3O/c1-11-6-7-12(2)8-10(14)13(3)9-4-5-9/h9,11H,4-8H2,1-3H3.